The van der Waals surface area contributed by atoms with E-state index in [1.165, 1.54) is 30.2 Å². The molecule has 0 atom stereocenters. The maximum Gasteiger partial charge on any atom is 0.308 e. The summed E-state index contributed by atoms with van der Waals surface area (Å²) in [6.45, 7) is 1.70. The van der Waals surface area contributed by atoms with Crippen molar-refractivity contribution in [3.63, 3.8) is 0 Å². The summed E-state index contributed by atoms with van der Waals surface area (Å²) in [6, 6.07) is 6.31. The highest BCUT2D eigenvalue weighted by molar-refractivity contribution is 9.10. The van der Waals surface area contributed by atoms with Crippen LogP contribution in [-0.4, -0.2) is 48.8 Å². The second-order valence-electron chi connectivity index (χ2n) is 8.11. The molecule has 4 aromatic rings. The number of amides is 1. The summed E-state index contributed by atoms with van der Waals surface area (Å²) >= 11 is 3.40. The van der Waals surface area contributed by atoms with E-state index < -0.39 is 5.82 Å². The average Bonchev–Trinajstić information content (AvgIpc) is 3.41. The van der Waals surface area contributed by atoms with Gasteiger partial charge in [0.2, 0.25) is 5.82 Å². The first-order chi connectivity index (χ1) is 16.3. The van der Waals surface area contributed by atoms with Gasteiger partial charge in [0.25, 0.3) is 5.91 Å². The Morgan fingerprint density at radius 1 is 1.26 bits per heavy atom. The van der Waals surface area contributed by atoms with Gasteiger partial charge in [0.1, 0.15) is 5.82 Å². The van der Waals surface area contributed by atoms with E-state index in [4.69, 9.17) is 4.74 Å². The highest BCUT2D eigenvalue weighted by Gasteiger charge is 2.38. The van der Waals surface area contributed by atoms with Gasteiger partial charge in [0, 0.05) is 16.4 Å². The zero-order valence-corrected chi connectivity index (χ0v) is 19.8. The number of anilines is 1. The molecule has 1 aromatic carbocycles. The number of carbonyl (C=O) groups is 2. The molecule has 12 heteroatoms. The number of methoxy groups -OCH3 is 1. The second-order valence-corrected chi connectivity index (χ2v) is 9.03. The summed E-state index contributed by atoms with van der Waals surface area (Å²) < 4.78 is 21.9. The minimum atomic E-state index is -0.531. The lowest BCUT2D eigenvalue weighted by atomic mass is 9.81. The van der Waals surface area contributed by atoms with Crippen molar-refractivity contribution in [1.29, 1.82) is 0 Å². The number of fused-ring (bicyclic) bond motifs is 1. The first kappa shape index (κ1) is 22.1. The molecule has 3 heterocycles. The van der Waals surface area contributed by atoms with Crippen molar-refractivity contribution >= 4 is 39.0 Å². The summed E-state index contributed by atoms with van der Waals surface area (Å²) in [5, 5.41) is 19.3. The van der Waals surface area contributed by atoms with E-state index in [1.807, 2.05) is 6.07 Å². The quantitative estimate of drug-likeness (QED) is 0.394. The lowest BCUT2D eigenvalue weighted by Gasteiger charge is -2.31. The Bertz CT molecular complexity index is 1430. The number of ether oxygens (including phenoxy) is 1. The normalized spacial score (nSPS) is 17.4. The lowest BCUT2D eigenvalue weighted by molar-refractivity contribution is -0.150. The number of tetrazole rings is 1. The number of hydrogen-bond donors (Lipinski definition) is 1. The van der Waals surface area contributed by atoms with Crippen LogP contribution in [0.25, 0.3) is 16.9 Å². The van der Waals surface area contributed by atoms with E-state index in [-0.39, 0.29) is 35.2 Å². The van der Waals surface area contributed by atoms with Crippen LogP contribution in [0, 0.1) is 18.7 Å². The summed E-state index contributed by atoms with van der Waals surface area (Å²) in [4.78, 5) is 26.0. The van der Waals surface area contributed by atoms with Crippen LogP contribution >= 0.6 is 15.9 Å². The molecule has 1 saturated carbocycles. The molecule has 1 aliphatic carbocycles. The van der Waals surface area contributed by atoms with E-state index in [0.29, 0.717) is 35.2 Å². The molecule has 34 heavy (non-hydrogen) atoms. The minimum Gasteiger partial charge on any atom is -0.469 e. The number of carbonyl (C=O) groups excluding carboxylic acids is 2. The first-order valence-corrected chi connectivity index (χ1v) is 11.3. The molecule has 0 radical (unpaired) electrons. The number of nitrogens with zero attached hydrogens (tertiary/aromatic N) is 6. The van der Waals surface area contributed by atoms with Crippen LogP contribution in [0.5, 0.6) is 0 Å². The van der Waals surface area contributed by atoms with Crippen molar-refractivity contribution in [2.24, 2.45) is 5.92 Å². The molecule has 174 valence electrons. The van der Waals surface area contributed by atoms with E-state index in [1.54, 1.807) is 23.7 Å². The Kier molecular flexibility index (Phi) is 5.60. The molecule has 3 aromatic heterocycles. The average molecular weight is 528 g/mol. The Morgan fingerprint density at radius 3 is 2.82 bits per heavy atom. The van der Waals surface area contributed by atoms with Crippen molar-refractivity contribution in [1.82, 2.24) is 29.8 Å². The van der Waals surface area contributed by atoms with Crippen LogP contribution in [0.2, 0.25) is 0 Å². The number of esters is 1. The molecule has 1 N–H and O–H groups in total. The molecule has 0 spiro atoms. The Balaban J connectivity index is 1.38. The molecular weight excluding hydrogens is 509 g/mol. The second kappa shape index (κ2) is 8.60. The van der Waals surface area contributed by atoms with Gasteiger partial charge in [-0.05, 0) is 54.8 Å². The van der Waals surface area contributed by atoms with Crippen molar-refractivity contribution in [2.45, 2.75) is 25.8 Å². The molecule has 5 rings (SSSR count). The summed E-state index contributed by atoms with van der Waals surface area (Å²) in [7, 11) is 1.35. The fraction of sp³-hybridized carbons (Fsp3) is 0.273. The van der Waals surface area contributed by atoms with E-state index in [2.05, 4.69) is 41.8 Å². The summed E-state index contributed by atoms with van der Waals surface area (Å²) in [5.74, 6) is -1.28. The van der Waals surface area contributed by atoms with Gasteiger partial charge in [-0.25, -0.2) is 8.91 Å². The SMILES string of the molecule is COC(=O)C1CC(n2nnc(-c3cc(NC(=O)c4cnn5ccc(Br)cc45)c(C)cc3F)n2)C1. The fourth-order valence-electron chi connectivity index (χ4n) is 3.92. The maximum absolute atomic E-state index is 14.8. The lowest BCUT2D eigenvalue weighted by Crippen LogP contribution is -2.34. The molecule has 0 bridgehead atoms. The van der Waals surface area contributed by atoms with Gasteiger partial charge in [0.15, 0.2) is 0 Å². The zero-order valence-electron chi connectivity index (χ0n) is 18.2. The molecule has 10 nitrogen and oxygen atoms in total. The van der Waals surface area contributed by atoms with Gasteiger partial charge in [0.05, 0.1) is 41.9 Å². The fourth-order valence-corrected chi connectivity index (χ4v) is 4.26. The number of nitrogens with one attached hydrogen (secondary N) is 1. The number of benzene rings is 1. The van der Waals surface area contributed by atoms with Crippen molar-refractivity contribution < 1.29 is 18.7 Å². The van der Waals surface area contributed by atoms with E-state index in [0.717, 1.165) is 4.47 Å². The smallest absolute Gasteiger partial charge is 0.308 e. The number of pyridine rings is 1. The zero-order chi connectivity index (χ0) is 24.0. The first-order valence-electron chi connectivity index (χ1n) is 10.5. The van der Waals surface area contributed by atoms with E-state index >= 15 is 0 Å². The van der Waals surface area contributed by atoms with Crippen LogP contribution in [-0.2, 0) is 9.53 Å². The predicted molar refractivity (Wildman–Crippen MR) is 123 cm³/mol. The highest BCUT2D eigenvalue weighted by atomic mass is 79.9. The van der Waals surface area contributed by atoms with E-state index in [9.17, 15) is 14.0 Å². The molecule has 0 aliphatic heterocycles. The molecular formula is C22H19BrFN7O3. The van der Waals surface area contributed by atoms with Gasteiger partial charge < -0.3 is 10.1 Å². The third-order valence-electron chi connectivity index (χ3n) is 5.93. The number of hydrogen-bond acceptors (Lipinski definition) is 7. The summed E-state index contributed by atoms with van der Waals surface area (Å²) in [5.41, 5.74) is 2.07. The molecule has 0 saturated heterocycles. The van der Waals surface area contributed by atoms with Gasteiger partial charge in [-0.3, -0.25) is 9.59 Å². The van der Waals surface area contributed by atoms with Gasteiger partial charge >= 0.3 is 5.97 Å². The minimum absolute atomic E-state index is 0.0921. The Hall–Kier alpha value is -3.67. The van der Waals surface area contributed by atoms with Crippen LogP contribution in [0.1, 0.15) is 34.8 Å². The topological polar surface area (TPSA) is 116 Å². The number of aryl methyl sites for hydroxylation is 1. The largest absolute Gasteiger partial charge is 0.469 e. The molecule has 1 fully saturated rings. The molecule has 1 aliphatic rings. The third kappa shape index (κ3) is 3.94. The Labute approximate surface area is 201 Å². The van der Waals surface area contributed by atoms with Crippen LogP contribution < -0.4 is 5.32 Å². The highest BCUT2D eigenvalue weighted by Crippen LogP contribution is 2.38. The number of aromatic nitrogens is 6. The molecule has 1 amide bonds. The van der Waals surface area contributed by atoms with Gasteiger partial charge in [-0.2, -0.15) is 9.90 Å². The maximum atomic E-state index is 14.8. The number of rotatable bonds is 5. The third-order valence-corrected chi connectivity index (χ3v) is 6.43. The van der Waals surface area contributed by atoms with Crippen LogP contribution in [0.3, 0.4) is 0 Å². The van der Waals surface area contributed by atoms with Crippen molar-refractivity contribution in [3.8, 4) is 11.4 Å². The van der Waals surface area contributed by atoms with Crippen molar-refractivity contribution in [2.75, 3.05) is 12.4 Å². The Morgan fingerprint density at radius 2 is 2.06 bits per heavy atom. The number of halogens is 2. The molecule has 0 unspecified atom stereocenters. The van der Waals surface area contributed by atoms with Crippen LogP contribution in [0.15, 0.2) is 41.1 Å². The van der Waals surface area contributed by atoms with Gasteiger partial charge in [-0.1, -0.05) is 15.9 Å². The van der Waals surface area contributed by atoms with Crippen LogP contribution in [0.4, 0.5) is 10.1 Å². The monoisotopic (exact) mass is 527 g/mol. The summed E-state index contributed by atoms with van der Waals surface area (Å²) in [6.07, 6.45) is 4.29. The standard InChI is InChI=1S/C22H19BrFN7O3/c1-11-5-17(24)15(20-27-29-31(28-20)14-6-12(7-14)22(33)34-2)9-18(11)26-21(32)16-10-25-30-4-3-13(23)8-19(16)30/h3-5,8-10,12,14H,6-7H2,1-2H3,(H,26,32). The van der Waals surface area contributed by atoms with Crippen molar-refractivity contribution in [3.05, 3.63) is 58.1 Å². The predicted octanol–water partition coefficient (Wildman–Crippen LogP) is 3.57. The van der Waals surface area contributed by atoms with Gasteiger partial charge in [-0.15, -0.1) is 10.2 Å².